The Balaban J connectivity index is 0.000000885. The minimum atomic E-state index is -1.50. The number of nitrogens with one attached hydrogen (secondary N) is 1. The van der Waals surface area contributed by atoms with E-state index in [1.165, 1.54) is 0 Å². The molecule has 0 saturated heterocycles. The zero-order valence-electron chi connectivity index (χ0n) is 11.5. The van der Waals surface area contributed by atoms with Crippen molar-refractivity contribution in [3.63, 3.8) is 0 Å². The molecule has 0 aliphatic heterocycles. The zero-order chi connectivity index (χ0) is 16.4. The summed E-state index contributed by atoms with van der Waals surface area (Å²) in [6.07, 6.45) is 0. The SMILES string of the molecule is CC(C)N=C(N)N=C(N)Nc1ccc(Cl)cc1.O=[N+]([O-])O. The number of aliphatic imine (C=N–C) groups is 2. The summed E-state index contributed by atoms with van der Waals surface area (Å²) in [5.41, 5.74) is 12.0. The van der Waals surface area contributed by atoms with Gasteiger partial charge < -0.3 is 22.0 Å². The summed E-state index contributed by atoms with van der Waals surface area (Å²) >= 11 is 5.76. The Morgan fingerprint density at radius 3 is 2.29 bits per heavy atom. The van der Waals surface area contributed by atoms with Crippen LogP contribution in [0.5, 0.6) is 0 Å². The number of rotatable bonds is 2. The van der Waals surface area contributed by atoms with Crippen molar-refractivity contribution in [1.82, 2.24) is 0 Å². The molecule has 116 valence electrons. The largest absolute Gasteiger partial charge is 0.369 e. The molecule has 0 amide bonds. The van der Waals surface area contributed by atoms with Crippen LogP contribution in [0, 0.1) is 10.1 Å². The van der Waals surface area contributed by atoms with E-state index >= 15 is 0 Å². The summed E-state index contributed by atoms with van der Waals surface area (Å²) in [4.78, 5) is 16.3. The highest BCUT2D eigenvalue weighted by atomic mass is 35.5. The third kappa shape index (κ3) is 11.0. The molecule has 0 fully saturated rings. The number of nitrogens with two attached hydrogens (primary N) is 2. The van der Waals surface area contributed by atoms with Gasteiger partial charge in [0.1, 0.15) is 0 Å². The van der Waals surface area contributed by atoms with Gasteiger partial charge in [-0.15, -0.1) is 10.1 Å². The molecule has 0 atom stereocenters. The monoisotopic (exact) mass is 316 g/mol. The summed E-state index contributed by atoms with van der Waals surface area (Å²) in [6.45, 7) is 3.82. The fourth-order valence-corrected chi connectivity index (χ4v) is 1.25. The zero-order valence-corrected chi connectivity index (χ0v) is 12.3. The number of benzene rings is 1. The molecule has 0 aromatic heterocycles. The predicted octanol–water partition coefficient (Wildman–Crippen LogP) is 1.44. The molecule has 0 radical (unpaired) electrons. The average molecular weight is 317 g/mol. The first kappa shape index (κ1) is 18.4. The van der Waals surface area contributed by atoms with Crippen molar-refractivity contribution in [2.75, 3.05) is 5.32 Å². The Kier molecular flexibility index (Phi) is 8.23. The van der Waals surface area contributed by atoms with Crippen molar-refractivity contribution in [2.45, 2.75) is 19.9 Å². The second kappa shape index (κ2) is 9.37. The highest BCUT2D eigenvalue weighted by molar-refractivity contribution is 6.30. The van der Waals surface area contributed by atoms with Crippen LogP contribution >= 0.6 is 11.6 Å². The second-order valence-electron chi connectivity index (χ2n) is 3.95. The Hall–Kier alpha value is -2.55. The Morgan fingerprint density at radius 1 is 1.38 bits per heavy atom. The van der Waals surface area contributed by atoms with E-state index in [1.54, 1.807) is 24.3 Å². The van der Waals surface area contributed by atoms with Crippen LogP contribution in [-0.4, -0.2) is 28.3 Å². The normalized spacial score (nSPS) is 11.6. The van der Waals surface area contributed by atoms with Crippen molar-refractivity contribution < 1.29 is 10.3 Å². The average Bonchev–Trinajstić information content (AvgIpc) is 2.30. The number of hydrogen-bond acceptors (Lipinski definition) is 3. The van der Waals surface area contributed by atoms with Crippen LogP contribution in [0.4, 0.5) is 5.69 Å². The molecule has 0 bridgehead atoms. The summed E-state index contributed by atoms with van der Waals surface area (Å²) in [5, 5.41) is 17.2. The number of halogens is 1. The molecule has 1 aromatic carbocycles. The lowest BCUT2D eigenvalue weighted by Crippen LogP contribution is -2.26. The molecule has 0 heterocycles. The molecule has 0 spiro atoms. The number of guanidine groups is 2. The number of anilines is 1. The van der Waals surface area contributed by atoms with Crippen LogP contribution in [0.1, 0.15) is 13.8 Å². The van der Waals surface area contributed by atoms with Gasteiger partial charge in [0.05, 0.1) is 0 Å². The third-order valence-corrected chi connectivity index (χ3v) is 1.99. The minimum absolute atomic E-state index is 0.0853. The molecule has 6 N–H and O–H groups in total. The van der Waals surface area contributed by atoms with E-state index in [4.69, 9.17) is 38.4 Å². The summed E-state index contributed by atoms with van der Waals surface area (Å²) in [7, 11) is 0. The maximum absolute atomic E-state index is 8.36. The number of hydrogen-bond donors (Lipinski definition) is 4. The smallest absolute Gasteiger partial charge is 0.291 e. The molecule has 1 rings (SSSR count). The van der Waals surface area contributed by atoms with Gasteiger partial charge in [-0.05, 0) is 38.1 Å². The fourth-order valence-electron chi connectivity index (χ4n) is 1.13. The molecular weight excluding hydrogens is 300 g/mol. The van der Waals surface area contributed by atoms with Gasteiger partial charge in [0.15, 0.2) is 0 Å². The lowest BCUT2D eigenvalue weighted by atomic mass is 10.3. The van der Waals surface area contributed by atoms with E-state index in [-0.39, 0.29) is 18.0 Å². The van der Waals surface area contributed by atoms with E-state index in [0.29, 0.717) is 5.02 Å². The molecule has 0 aliphatic rings. The maximum atomic E-state index is 8.36. The lowest BCUT2D eigenvalue weighted by Gasteiger charge is -2.05. The van der Waals surface area contributed by atoms with E-state index < -0.39 is 5.09 Å². The Morgan fingerprint density at radius 2 is 1.86 bits per heavy atom. The molecule has 9 nitrogen and oxygen atoms in total. The quantitative estimate of drug-likeness (QED) is 0.280. The van der Waals surface area contributed by atoms with Crippen molar-refractivity contribution in [3.05, 3.63) is 39.4 Å². The van der Waals surface area contributed by atoms with Crippen LogP contribution < -0.4 is 16.8 Å². The van der Waals surface area contributed by atoms with Crippen LogP contribution in [0.15, 0.2) is 34.3 Å². The van der Waals surface area contributed by atoms with E-state index in [9.17, 15) is 0 Å². The van der Waals surface area contributed by atoms with Gasteiger partial charge in [0.2, 0.25) is 11.9 Å². The topological polar surface area (TPSA) is 152 Å². The van der Waals surface area contributed by atoms with Crippen molar-refractivity contribution >= 4 is 29.2 Å². The fraction of sp³-hybridized carbons (Fsp3) is 0.273. The molecule has 0 unspecified atom stereocenters. The van der Waals surface area contributed by atoms with E-state index in [1.807, 2.05) is 13.8 Å². The summed E-state index contributed by atoms with van der Waals surface area (Å²) < 4.78 is 0. The van der Waals surface area contributed by atoms with Crippen LogP contribution in [0.25, 0.3) is 0 Å². The van der Waals surface area contributed by atoms with Gasteiger partial charge in [0.25, 0.3) is 5.09 Å². The van der Waals surface area contributed by atoms with Gasteiger partial charge >= 0.3 is 0 Å². The standard InChI is InChI=1S/C11H16ClN5.HNO3/c1-7(2)15-10(13)17-11(14)16-9-5-3-8(12)4-6-9;2-1(3)4/h3-7H,1-2H3,(H5,13,14,15,16,17);(H,2,3,4). The molecule has 0 aliphatic carbocycles. The first-order valence-corrected chi connectivity index (χ1v) is 6.11. The van der Waals surface area contributed by atoms with Crippen LogP contribution in [-0.2, 0) is 0 Å². The van der Waals surface area contributed by atoms with Gasteiger partial charge in [-0.2, -0.15) is 4.99 Å². The van der Waals surface area contributed by atoms with Crippen molar-refractivity contribution in [3.8, 4) is 0 Å². The Bertz CT molecular complexity index is 511. The van der Waals surface area contributed by atoms with Crippen LogP contribution in [0.3, 0.4) is 0 Å². The first-order chi connectivity index (χ1) is 9.70. The lowest BCUT2D eigenvalue weighted by molar-refractivity contribution is -0.742. The minimum Gasteiger partial charge on any atom is -0.369 e. The molecule has 21 heavy (non-hydrogen) atoms. The van der Waals surface area contributed by atoms with Gasteiger partial charge in [0, 0.05) is 16.8 Å². The van der Waals surface area contributed by atoms with E-state index in [0.717, 1.165) is 5.69 Å². The predicted molar refractivity (Wildman–Crippen MR) is 82.2 cm³/mol. The molecule has 10 heteroatoms. The second-order valence-corrected chi connectivity index (χ2v) is 4.38. The van der Waals surface area contributed by atoms with Gasteiger partial charge in [-0.1, -0.05) is 11.6 Å². The van der Waals surface area contributed by atoms with Gasteiger partial charge in [-0.3, -0.25) is 0 Å². The third-order valence-electron chi connectivity index (χ3n) is 1.74. The van der Waals surface area contributed by atoms with Crippen molar-refractivity contribution in [2.24, 2.45) is 21.5 Å². The van der Waals surface area contributed by atoms with Crippen LogP contribution in [0.2, 0.25) is 5.02 Å². The number of nitrogens with zero attached hydrogens (tertiary/aromatic N) is 3. The van der Waals surface area contributed by atoms with Gasteiger partial charge in [-0.25, -0.2) is 4.99 Å². The molecule has 1 aromatic rings. The first-order valence-electron chi connectivity index (χ1n) is 5.74. The summed E-state index contributed by atoms with van der Waals surface area (Å²) in [5.74, 6) is 0.341. The van der Waals surface area contributed by atoms with E-state index in [2.05, 4.69) is 15.3 Å². The highest BCUT2D eigenvalue weighted by Gasteiger charge is 1.97. The maximum Gasteiger partial charge on any atom is 0.291 e. The highest BCUT2D eigenvalue weighted by Crippen LogP contribution is 2.12. The molecular formula is C11H17ClN6O3. The summed E-state index contributed by atoms with van der Waals surface area (Å²) in [6, 6.07) is 7.17. The Labute approximate surface area is 126 Å². The van der Waals surface area contributed by atoms with Crippen molar-refractivity contribution in [1.29, 1.82) is 0 Å². The molecule has 0 saturated carbocycles.